The lowest BCUT2D eigenvalue weighted by molar-refractivity contribution is -0.126. The van der Waals surface area contributed by atoms with E-state index in [-0.39, 0.29) is 11.9 Å². The van der Waals surface area contributed by atoms with Gasteiger partial charge in [0, 0.05) is 37.7 Å². The zero-order valence-electron chi connectivity index (χ0n) is 14.8. The molecule has 2 aromatic carbocycles. The summed E-state index contributed by atoms with van der Waals surface area (Å²) in [7, 11) is 0. The number of para-hydroxylation sites is 1. The molecular formula is C20H23Cl2N3O. The maximum atomic E-state index is 12.5. The summed E-state index contributed by atoms with van der Waals surface area (Å²) in [5, 5.41) is 4.43. The predicted molar refractivity (Wildman–Crippen MR) is 108 cm³/mol. The van der Waals surface area contributed by atoms with E-state index in [9.17, 15) is 4.79 Å². The summed E-state index contributed by atoms with van der Waals surface area (Å²) in [5.74, 6) is 0.0242. The first-order valence-corrected chi connectivity index (χ1v) is 9.56. The molecule has 1 amide bonds. The molecule has 0 saturated carbocycles. The monoisotopic (exact) mass is 391 g/mol. The average molecular weight is 392 g/mol. The molecule has 1 saturated heterocycles. The summed E-state index contributed by atoms with van der Waals surface area (Å²) < 4.78 is 0. The van der Waals surface area contributed by atoms with Gasteiger partial charge in [-0.1, -0.05) is 53.5 Å². The standard InChI is InChI=1S/C20H23Cl2N3O/c1-15(20(26)23-14-16-6-2-3-7-17(16)21)24-10-12-25(13-11-24)19-9-5-4-8-18(19)22/h2-9,15H,10-14H2,1H3,(H,23,26)/t15-/m1/s1. The topological polar surface area (TPSA) is 35.6 Å². The van der Waals surface area contributed by atoms with Crippen molar-refractivity contribution in [2.75, 3.05) is 31.1 Å². The van der Waals surface area contributed by atoms with Crippen LogP contribution in [0.5, 0.6) is 0 Å². The van der Waals surface area contributed by atoms with Gasteiger partial charge in [0.05, 0.1) is 16.8 Å². The van der Waals surface area contributed by atoms with Crippen LogP contribution in [0.25, 0.3) is 0 Å². The average Bonchev–Trinajstić information content (AvgIpc) is 2.67. The van der Waals surface area contributed by atoms with Gasteiger partial charge >= 0.3 is 0 Å². The molecule has 4 nitrogen and oxygen atoms in total. The van der Waals surface area contributed by atoms with Gasteiger partial charge in [-0.05, 0) is 30.7 Å². The van der Waals surface area contributed by atoms with E-state index in [1.165, 1.54) is 0 Å². The lowest BCUT2D eigenvalue weighted by atomic mass is 10.2. The molecule has 1 fully saturated rings. The number of benzene rings is 2. The minimum atomic E-state index is -0.175. The number of halogens is 2. The number of amides is 1. The molecule has 1 heterocycles. The number of anilines is 1. The van der Waals surface area contributed by atoms with Crippen LogP contribution in [0.2, 0.25) is 10.0 Å². The van der Waals surface area contributed by atoms with E-state index in [0.717, 1.165) is 42.5 Å². The van der Waals surface area contributed by atoms with Crippen molar-refractivity contribution in [2.45, 2.75) is 19.5 Å². The Kier molecular flexibility index (Phi) is 6.41. The van der Waals surface area contributed by atoms with Gasteiger partial charge in [0.25, 0.3) is 0 Å². The summed E-state index contributed by atoms with van der Waals surface area (Å²) in [6.45, 7) is 5.76. The first-order valence-electron chi connectivity index (χ1n) is 8.81. The third-order valence-electron chi connectivity index (χ3n) is 4.85. The van der Waals surface area contributed by atoms with Crippen LogP contribution in [-0.4, -0.2) is 43.0 Å². The lowest BCUT2D eigenvalue weighted by Crippen LogP contribution is -2.53. The summed E-state index contributed by atoms with van der Waals surface area (Å²) in [5.41, 5.74) is 1.99. The van der Waals surface area contributed by atoms with Crippen molar-refractivity contribution in [1.29, 1.82) is 0 Å². The van der Waals surface area contributed by atoms with Gasteiger partial charge in [-0.2, -0.15) is 0 Å². The maximum absolute atomic E-state index is 12.5. The number of carbonyl (C=O) groups excluding carboxylic acids is 1. The molecule has 0 bridgehead atoms. The fraction of sp³-hybridized carbons (Fsp3) is 0.350. The van der Waals surface area contributed by atoms with Gasteiger partial charge in [-0.15, -0.1) is 0 Å². The van der Waals surface area contributed by atoms with Crippen molar-refractivity contribution < 1.29 is 4.79 Å². The Hall–Kier alpha value is -1.75. The molecule has 26 heavy (non-hydrogen) atoms. The van der Waals surface area contributed by atoms with E-state index >= 15 is 0 Å². The van der Waals surface area contributed by atoms with Crippen LogP contribution in [0.4, 0.5) is 5.69 Å². The van der Waals surface area contributed by atoms with Crippen molar-refractivity contribution in [3.05, 3.63) is 64.1 Å². The van der Waals surface area contributed by atoms with E-state index in [2.05, 4.69) is 15.1 Å². The van der Waals surface area contributed by atoms with Crippen LogP contribution in [0.15, 0.2) is 48.5 Å². The molecule has 138 valence electrons. The van der Waals surface area contributed by atoms with Gasteiger partial charge in [-0.25, -0.2) is 0 Å². The smallest absolute Gasteiger partial charge is 0.237 e. The highest BCUT2D eigenvalue weighted by Gasteiger charge is 2.26. The molecule has 3 rings (SSSR count). The van der Waals surface area contributed by atoms with Gasteiger partial charge in [0.15, 0.2) is 0 Å². The van der Waals surface area contributed by atoms with Crippen LogP contribution >= 0.6 is 23.2 Å². The van der Waals surface area contributed by atoms with Gasteiger partial charge in [0.1, 0.15) is 0 Å². The Morgan fingerprint density at radius 2 is 1.62 bits per heavy atom. The van der Waals surface area contributed by atoms with Crippen LogP contribution in [0.1, 0.15) is 12.5 Å². The molecule has 1 aliphatic rings. The first-order chi connectivity index (χ1) is 12.6. The van der Waals surface area contributed by atoms with E-state index in [4.69, 9.17) is 23.2 Å². The largest absolute Gasteiger partial charge is 0.368 e. The van der Waals surface area contributed by atoms with Gasteiger partial charge in [0.2, 0.25) is 5.91 Å². The molecule has 2 aromatic rings. The predicted octanol–water partition coefficient (Wildman–Crippen LogP) is 3.82. The van der Waals surface area contributed by atoms with Crippen molar-refractivity contribution in [3.8, 4) is 0 Å². The van der Waals surface area contributed by atoms with Gasteiger partial charge in [-0.3, -0.25) is 9.69 Å². The zero-order chi connectivity index (χ0) is 18.5. The van der Waals surface area contributed by atoms with Crippen molar-refractivity contribution in [3.63, 3.8) is 0 Å². The van der Waals surface area contributed by atoms with Crippen molar-refractivity contribution in [1.82, 2.24) is 10.2 Å². The summed E-state index contributed by atoms with van der Waals surface area (Å²) >= 11 is 12.4. The van der Waals surface area contributed by atoms with E-state index in [1.807, 2.05) is 55.5 Å². The third-order valence-corrected chi connectivity index (χ3v) is 5.53. The summed E-state index contributed by atoms with van der Waals surface area (Å²) in [4.78, 5) is 17.0. The lowest BCUT2D eigenvalue weighted by Gasteiger charge is -2.38. The minimum absolute atomic E-state index is 0.0242. The summed E-state index contributed by atoms with van der Waals surface area (Å²) in [6, 6.07) is 15.3. The minimum Gasteiger partial charge on any atom is -0.368 e. The molecule has 1 aliphatic heterocycles. The first kappa shape index (κ1) is 19.0. The quantitative estimate of drug-likeness (QED) is 0.841. The van der Waals surface area contributed by atoms with Gasteiger partial charge < -0.3 is 10.2 Å². The molecule has 0 aliphatic carbocycles. The zero-order valence-corrected chi connectivity index (χ0v) is 16.3. The summed E-state index contributed by atoms with van der Waals surface area (Å²) in [6.07, 6.45) is 0. The molecule has 0 aromatic heterocycles. The molecule has 0 unspecified atom stereocenters. The number of nitrogens with zero attached hydrogens (tertiary/aromatic N) is 2. The SMILES string of the molecule is C[C@H](C(=O)NCc1ccccc1Cl)N1CCN(c2ccccc2Cl)CC1. The second-order valence-electron chi connectivity index (χ2n) is 6.46. The Balaban J connectivity index is 1.51. The highest BCUT2D eigenvalue weighted by molar-refractivity contribution is 6.33. The third kappa shape index (κ3) is 4.50. The van der Waals surface area contributed by atoms with Crippen LogP contribution in [-0.2, 0) is 11.3 Å². The number of carbonyl (C=O) groups is 1. The Bertz CT molecular complexity index is 760. The molecule has 1 N–H and O–H groups in total. The second kappa shape index (κ2) is 8.76. The Morgan fingerprint density at radius 1 is 1.00 bits per heavy atom. The van der Waals surface area contributed by atoms with E-state index < -0.39 is 0 Å². The van der Waals surface area contributed by atoms with Crippen molar-refractivity contribution in [2.24, 2.45) is 0 Å². The van der Waals surface area contributed by atoms with Crippen molar-refractivity contribution >= 4 is 34.8 Å². The number of hydrogen-bond donors (Lipinski definition) is 1. The normalized spacial score (nSPS) is 16.3. The van der Waals surface area contributed by atoms with Crippen LogP contribution in [0, 0.1) is 0 Å². The molecular weight excluding hydrogens is 369 g/mol. The second-order valence-corrected chi connectivity index (χ2v) is 7.27. The molecule has 0 radical (unpaired) electrons. The number of hydrogen-bond acceptors (Lipinski definition) is 3. The highest BCUT2D eigenvalue weighted by atomic mass is 35.5. The highest BCUT2D eigenvalue weighted by Crippen LogP contribution is 2.26. The molecule has 1 atom stereocenters. The fourth-order valence-corrected chi connectivity index (χ4v) is 3.65. The maximum Gasteiger partial charge on any atom is 0.237 e. The Labute approximate surface area is 164 Å². The molecule has 0 spiro atoms. The van der Waals surface area contributed by atoms with E-state index in [0.29, 0.717) is 11.6 Å². The molecule has 6 heteroatoms. The number of nitrogens with one attached hydrogen (secondary N) is 1. The van der Waals surface area contributed by atoms with Crippen LogP contribution < -0.4 is 10.2 Å². The number of rotatable bonds is 5. The number of piperazine rings is 1. The fourth-order valence-electron chi connectivity index (χ4n) is 3.20. The van der Waals surface area contributed by atoms with Crippen LogP contribution in [0.3, 0.4) is 0 Å². The van der Waals surface area contributed by atoms with E-state index in [1.54, 1.807) is 0 Å². The Morgan fingerprint density at radius 3 is 2.27 bits per heavy atom.